The summed E-state index contributed by atoms with van der Waals surface area (Å²) in [5, 5.41) is 8.73. The van der Waals surface area contributed by atoms with Gasteiger partial charge in [0.05, 0.1) is 12.9 Å². The lowest BCUT2D eigenvalue weighted by atomic mass is 10.5. The number of aliphatic hydroxyl groups is 1. The maximum Gasteiger partial charge on any atom is 0.257 e. The predicted molar refractivity (Wildman–Crippen MR) is 68.4 cm³/mol. The standard InChI is InChI=1S/C12H26O2Si/c1-10(2)15(11(3)4,12(5)6)14-9-7-8-13/h7,9-13H,8H2,1-6H3/b9-7+. The fraction of sp³-hybridized carbons (Fsp3) is 0.833. The van der Waals surface area contributed by atoms with E-state index in [2.05, 4.69) is 41.5 Å². The van der Waals surface area contributed by atoms with Gasteiger partial charge in [-0.1, -0.05) is 41.5 Å². The molecule has 90 valence electrons. The van der Waals surface area contributed by atoms with Crippen molar-refractivity contribution in [2.75, 3.05) is 6.61 Å². The molecule has 0 fully saturated rings. The Labute approximate surface area is 95.5 Å². The Morgan fingerprint density at radius 2 is 1.40 bits per heavy atom. The molecule has 1 N–H and O–H groups in total. The van der Waals surface area contributed by atoms with Crippen molar-refractivity contribution in [2.45, 2.75) is 58.2 Å². The molecule has 3 heteroatoms. The maximum atomic E-state index is 8.73. The smallest absolute Gasteiger partial charge is 0.257 e. The van der Waals surface area contributed by atoms with Crippen LogP contribution in [0.1, 0.15) is 41.5 Å². The molecule has 2 nitrogen and oxygen atoms in total. The molecular weight excluding hydrogens is 204 g/mol. The van der Waals surface area contributed by atoms with E-state index in [0.29, 0.717) is 16.6 Å². The molecule has 0 saturated carbocycles. The minimum atomic E-state index is -1.76. The summed E-state index contributed by atoms with van der Waals surface area (Å²) in [6.45, 7) is 13.5. The van der Waals surface area contributed by atoms with Crippen molar-refractivity contribution in [3.63, 3.8) is 0 Å². The molecule has 0 atom stereocenters. The van der Waals surface area contributed by atoms with Gasteiger partial charge in [-0.15, -0.1) is 0 Å². The van der Waals surface area contributed by atoms with Crippen LogP contribution in [0, 0.1) is 0 Å². The molecule has 0 aromatic carbocycles. The van der Waals surface area contributed by atoms with Crippen LogP contribution < -0.4 is 0 Å². The highest BCUT2D eigenvalue weighted by molar-refractivity contribution is 6.77. The van der Waals surface area contributed by atoms with Crippen molar-refractivity contribution in [2.24, 2.45) is 0 Å². The molecular formula is C12H26O2Si. The molecule has 0 unspecified atom stereocenters. The molecule has 15 heavy (non-hydrogen) atoms. The monoisotopic (exact) mass is 230 g/mol. The molecule has 0 radical (unpaired) electrons. The second kappa shape index (κ2) is 6.33. The van der Waals surface area contributed by atoms with E-state index in [-0.39, 0.29) is 6.61 Å². The number of hydrogen-bond donors (Lipinski definition) is 1. The molecule has 0 aromatic heterocycles. The minimum absolute atomic E-state index is 0.0543. The first kappa shape index (κ1) is 14.7. The third-order valence-electron chi connectivity index (χ3n) is 3.18. The van der Waals surface area contributed by atoms with Crippen LogP contribution in [0.2, 0.25) is 16.6 Å². The van der Waals surface area contributed by atoms with Gasteiger partial charge in [0.1, 0.15) is 0 Å². The van der Waals surface area contributed by atoms with Crippen molar-refractivity contribution in [3.05, 3.63) is 12.3 Å². The van der Waals surface area contributed by atoms with Crippen molar-refractivity contribution in [1.29, 1.82) is 0 Å². The molecule has 0 aliphatic rings. The van der Waals surface area contributed by atoms with E-state index in [4.69, 9.17) is 9.53 Å². The Morgan fingerprint density at radius 1 is 1.00 bits per heavy atom. The molecule has 0 heterocycles. The second-order valence-electron chi connectivity index (χ2n) is 4.99. The average molecular weight is 230 g/mol. The van der Waals surface area contributed by atoms with Gasteiger partial charge < -0.3 is 9.53 Å². The quantitative estimate of drug-likeness (QED) is 0.557. The van der Waals surface area contributed by atoms with E-state index in [9.17, 15) is 0 Å². The third-order valence-corrected chi connectivity index (χ3v) is 9.14. The minimum Gasteiger partial charge on any atom is -0.548 e. The van der Waals surface area contributed by atoms with Crippen LogP contribution in [0.5, 0.6) is 0 Å². The average Bonchev–Trinajstić information content (AvgIpc) is 2.10. The van der Waals surface area contributed by atoms with Crippen molar-refractivity contribution in [1.82, 2.24) is 0 Å². The highest BCUT2D eigenvalue weighted by Crippen LogP contribution is 2.42. The van der Waals surface area contributed by atoms with Crippen molar-refractivity contribution < 1.29 is 9.53 Å². The Morgan fingerprint density at radius 3 is 1.67 bits per heavy atom. The molecule has 0 amide bonds. The normalized spacial score (nSPS) is 13.5. The van der Waals surface area contributed by atoms with Gasteiger partial charge in [-0.05, 0) is 22.7 Å². The Balaban J connectivity index is 4.88. The van der Waals surface area contributed by atoms with Gasteiger partial charge in [0, 0.05) is 0 Å². The zero-order valence-electron chi connectivity index (χ0n) is 10.9. The zero-order valence-corrected chi connectivity index (χ0v) is 11.9. The van der Waals surface area contributed by atoms with Crippen LogP contribution in [0.15, 0.2) is 12.3 Å². The van der Waals surface area contributed by atoms with Gasteiger partial charge in [-0.3, -0.25) is 0 Å². The number of aliphatic hydroxyl groups excluding tert-OH is 1. The lowest BCUT2D eigenvalue weighted by Gasteiger charge is -2.41. The highest BCUT2D eigenvalue weighted by Gasteiger charge is 2.46. The molecule has 0 bridgehead atoms. The summed E-state index contributed by atoms with van der Waals surface area (Å²) in [6.07, 6.45) is 3.38. The fourth-order valence-corrected chi connectivity index (χ4v) is 7.77. The summed E-state index contributed by atoms with van der Waals surface area (Å²) in [7, 11) is -1.76. The fourth-order valence-electron chi connectivity index (χ4n) is 2.62. The summed E-state index contributed by atoms with van der Waals surface area (Å²) in [5.74, 6) is 0. The Hall–Kier alpha value is -0.283. The van der Waals surface area contributed by atoms with Crippen LogP contribution in [0.3, 0.4) is 0 Å². The zero-order chi connectivity index (χ0) is 12.1. The molecule has 0 rings (SSSR count). The summed E-state index contributed by atoms with van der Waals surface area (Å²) in [5.41, 5.74) is 1.75. The topological polar surface area (TPSA) is 29.5 Å². The first-order valence-electron chi connectivity index (χ1n) is 5.83. The van der Waals surface area contributed by atoms with Gasteiger partial charge in [0.15, 0.2) is 0 Å². The number of hydrogen-bond acceptors (Lipinski definition) is 2. The molecule has 0 saturated heterocycles. The summed E-state index contributed by atoms with van der Waals surface area (Å²) in [4.78, 5) is 0. The van der Waals surface area contributed by atoms with Crippen LogP contribution >= 0.6 is 0 Å². The highest BCUT2D eigenvalue weighted by atomic mass is 28.4. The Kier molecular flexibility index (Phi) is 6.21. The van der Waals surface area contributed by atoms with E-state index in [1.54, 1.807) is 12.3 Å². The number of rotatable bonds is 6. The van der Waals surface area contributed by atoms with Gasteiger partial charge in [0.25, 0.3) is 8.32 Å². The lowest BCUT2D eigenvalue weighted by Crippen LogP contribution is -2.46. The summed E-state index contributed by atoms with van der Waals surface area (Å²) in [6, 6.07) is 0. The summed E-state index contributed by atoms with van der Waals surface area (Å²) < 4.78 is 6.05. The second-order valence-corrected chi connectivity index (χ2v) is 10.4. The van der Waals surface area contributed by atoms with Gasteiger partial charge in [-0.2, -0.15) is 0 Å². The van der Waals surface area contributed by atoms with E-state index >= 15 is 0 Å². The molecule has 0 aliphatic heterocycles. The largest absolute Gasteiger partial charge is 0.548 e. The first-order chi connectivity index (χ1) is 6.89. The van der Waals surface area contributed by atoms with Gasteiger partial charge in [0.2, 0.25) is 0 Å². The predicted octanol–water partition coefficient (Wildman–Crippen LogP) is 3.68. The first-order valence-corrected chi connectivity index (χ1v) is 7.97. The molecule has 0 spiro atoms. The van der Waals surface area contributed by atoms with Crippen LogP contribution in [-0.2, 0) is 4.43 Å². The van der Waals surface area contributed by atoms with Gasteiger partial charge >= 0.3 is 0 Å². The van der Waals surface area contributed by atoms with E-state index in [1.807, 2.05) is 0 Å². The molecule has 0 aliphatic carbocycles. The van der Waals surface area contributed by atoms with Crippen LogP contribution in [0.25, 0.3) is 0 Å². The maximum absolute atomic E-state index is 8.73. The van der Waals surface area contributed by atoms with Crippen LogP contribution in [-0.4, -0.2) is 20.0 Å². The van der Waals surface area contributed by atoms with E-state index in [1.165, 1.54) is 0 Å². The van der Waals surface area contributed by atoms with Crippen molar-refractivity contribution in [3.8, 4) is 0 Å². The van der Waals surface area contributed by atoms with Crippen molar-refractivity contribution >= 4 is 8.32 Å². The van der Waals surface area contributed by atoms with Crippen LogP contribution in [0.4, 0.5) is 0 Å². The third kappa shape index (κ3) is 3.35. The lowest BCUT2D eigenvalue weighted by molar-refractivity contribution is 0.335. The summed E-state index contributed by atoms with van der Waals surface area (Å²) >= 11 is 0. The van der Waals surface area contributed by atoms with Gasteiger partial charge in [-0.25, -0.2) is 0 Å². The van der Waals surface area contributed by atoms with E-state index in [0.717, 1.165) is 0 Å². The molecule has 0 aromatic rings. The SMILES string of the molecule is CC(C)[Si](O/C=C/CO)(C(C)C)C(C)C. The van der Waals surface area contributed by atoms with E-state index < -0.39 is 8.32 Å². The Bertz CT molecular complexity index is 176.